The molecule has 0 aliphatic heterocycles. The predicted molar refractivity (Wildman–Crippen MR) is 109 cm³/mol. The van der Waals surface area contributed by atoms with Gasteiger partial charge in [0.05, 0.1) is 10.6 Å². The van der Waals surface area contributed by atoms with Crippen LogP contribution in [-0.2, 0) is 13.0 Å². The van der Waals surface area contributed by atoms with E-state index in [0.717, 1.165) is 23.4 Å². The molecule has 4 heteroatoms. The lowest BCUT2D eigenvalue weighted by molar-refractivity contribution is 0.102. The van der Waals surface area contributed by atoms with Crippen LogP contribution in [0.1, 0.15) is 28.4 Å². The highest BCUT2D eigenvalue weighted by molar-refractivity contribution is 6.34. The highest BCUT2D eigenvalue weighted by atomic mass is 35.5. The first-order valence-electron chi connectivity index (χ1n) is 8.63. The van der Waals surface area contributed by atoms with Gasteiger partial charge in [0.1, 0.15) is 0 Å². The molecule has 0 radical (unpaired) electrons. The lowest BCUT2D eigenvalue weighted by Gasteiger charge is -2.10. The van der Waals surface area contributed by atoms with E-state index < -0.39 is 0 Å². The van der Waals surface area contributed by atoms with Crippen molar-refractivity contribution in [3.8, 4) is 0 Å². The number of anilines is 2. The van der Waals surface area contributed by atoms with Gasteiger partial charge >= 0.3 is 0 Å². The van der Waals surface area contributed by atoms with Gasteiger partial charge in [-0.05, 0) is 53.9 Å². The number of hydrogen-bond acceptors (Lipinski definition) is 2. The monoisotopic (exact) mass is 364 g/mol. The molecule has 0 atom stereocenters. The molecule has 0 heterocycles. The van der Waals surface area contributed by atoms with E-state index in [1.165, 1.54) is 5.56 Å². The third-order valence-corrected chi connectivity index (χ3v) is 4.49. The zero-order valence-corrected chi connectivity index (χ0v) is 15.4. The Kier molecular flexibility index (Phi) is 5.92. The molecular weight excluding hydrogens is 344 g/mol. The molecule has 132 valence electrons. The summed E-state index contributed by atoms with van der Waals surface area (Å²) in [7, 11) is 0. The van der Waals surface area contributed by atoms with Crippen LogP contribution in [0.2, 0.25) is 5.02 Å². The highest BCUT2D eigenvalue weighted by Crippen LogP contribution is 2.18. The molecule has 1 amide bonds. The maximum absolute atomic E-state index is 12.4. The van der Waals surface area contributed by atoms with Crippen LogP contribution in [0.3, 0.4) is 0 Å². The van der Waals surface area contributed by atoms with Crippen LogP contribution in [0.5, 0.6) is 0 Å². The van der Waals surface area contributed by atoms with Gasteiger partial charge in [-0.1, -0.05) is 54.9 Å². The van der Waals surface area contributed by atoms with Gasteiger partial charge in [0.15, 0.2) is 0 Å². The Labute approximate surface area is 159 Å². The lowest BCUT2D eigenvalue weighted by atomic mass is 10.1. The van der Waals surface area contributed by atoms with E-state index in [1.54, 1.807) is 24.3 Å². The summed E-state index contributed by atoms with van der Waals surface area (Å²) in [6.07, 6.45) is 1.04. The third kappa shape index (κ3) is 4.64. The van der Waals surface area contributed by atoms with Crippen LogP contribution in [0.25, 0.3) is 0 Å². The molecular formula is C22H21ClN2O. The fraction of sp³-hybridized carbons (Fsp3) is 0.136. The van der Waals surface area contributed by atoms with Crippen molar-refractivity contribution in [3.63, 3.8) is 0 Å². The summed E-state index contributed by atoms with van der Waals surface area (Å²) in [6.45, 7) is 2.83. The Bertz CT molecular complexity index is 891. The van der Waals surface area contributed by atoms with E-state index in [4.69, 9.17) is 11.6 Å². The van der Waals surface area contributed by atoms with Gasteiger partial charge < -0.3 is 10.6 Å². The molecule has 0 aromatic heterocycles. The fourth-order valence-corrected chi connectivity index (χ4v) is 2.89. The Morgan fingerprint density at radius 1 is 0.885 bits per heavy atom. The van der Waals surface area contributed by atoms with Crippen molar-refractivity contribution in [2.75, 3.05) is 10.6 Å². The van der Waals surface area contributed by atoms with Crippen molar-refractivity contribution in [1.82, 2.24) is 0 Å². The van der Waals surface area contributed by atoms with E-state index >= 15 is 0 Å². The molecule has 3 aromatic rings. The number of halogens is 1. The number of carbonyl (C=O) groups excluding carboxylic acids is 1. The van der Waals surface area contributed by atoms with Crippen molar-refractivity contribution in [1.29, 1.82) is 0 Å². The molecule has 2 N–H and O–H groups in total. The SMILES string of the molecule is CCc1ccc(NCc2cccc(NC(=O)c3ccccc3Cl)c2)cc1. The average Bonchev–Trinajstić information content (AvgIpc) is 2.67. The van der Waals surface area contributed by atoms with Crippen LogP contribution < -0.4 is 10.6 Å². The number of benzene rings is 3. The second kappa shape index (κ2) is 8.54. The van der Waals surface area contributed by atoms with Crippen molar-refractivity contribution in [2.45, 2.75) is 19.9 Å². The molecule has 0 bridgehead atoms. The smallest absolute Gasteiger partial charge is 0.257 e. The molecule has 3 aromatic carbocycles. The number of aryl methyl sites for hydroxylation is 1. The molecule has 0 saturated carbocycles. The third-order valence-electron chi connectivity index (χ3n) is 4.16. The minimum Gasteiger partial charge on any atom is -0.381 e. The van der Waals surface area contributed by atoms with Crippen LogP contribution in [0, 0.1) is 0 Å². The Morgan fingerprint density at radius 3 is 2.38 bits per heavy atom. The summed E-state index contributed by atoms with van der Waals surface area (Å²) in [5, 5.41) is 6.74. The minimum absolute atomic E-state index is 0.212. The molecule has 26 heavy (non-hydrogen) atoms. The minimum atomic E-state index is -0.212. The number of hydrogen-bond donors (Lipinski definition) is 2. The number of rotatable bonds is 6. The summed E-state index contributed by atoms with van der Waals surface area (Å²) in [6, 6.07) is 23.2. The predicted octanol–water partition coefficient (Wildman–Crippen LogP) is 5.77. The second-order valence-electron chi connectivity index (χ2n) is 6.04. The first-order valence-corrected chi connectivity index (χ1v) is 9.01. The molecule has 0 unspecified atom stereocenters. The molecule has 0 spiro atoms. The van der Waals surface area contributed by atoms with Gasteiger partial charge in [-0.2, -0.15) is 0 Å². The summed E-state index contributed by atoms with van der Waals surface area (Å²) in [5.74, 6) is -0.212. The van der Waals surface area contributed by atoms with Crippen molar-refractivity contribution in [2.24, 2.45) is 0 Å². The van der Waals surface area contributed by atoms with Gasteiger partial charge in [-0.25, -0.2) is 0 Å². The van der Waals surface area contributed by atoms with Crippen LogP contribution >= 0.6 is 11.6 Å². The van der Waals surface area contributed by atoms with Crippen LogP contribution in [0.15, 0.2) is 72.8 Å². The number of nitrogens with one attached hydrogen (secondary N) is 2. The van der Waals surface area contributed by atoms with E-state index in [1.807, 2.05) is 24.3 Å². The fourth-order valence-electron chi connectivity index (χ4n) is 2.67. The van der Waals surface area contributed by atoms with Crippen molar-refractivity contribution < 1.29 is 4.79 Å². The molecule has 3 rings (SSSR count). The number of amides is 1. The maximum atomic E-state index is 12.4. The zero-order chi connectivity index (χ0) is 18.4. The van der Waals surface area contributed by atoms with Crippen LogP contribution in [-0.4, -0.2) is 5.91 Å². The van der Waals surface area contributed by atoms with Gasteiger partial charge in [0, 0.05) is 17.9 Å². The Hall–Kier alpha value is -2.78. The average molecular weight is 365 g/mol. The second-order valence-corrected chi connectivity index (χ2v) is 6.45. The zero-order valence-electron chi connectivity index (χ0n) is 14.6. The summed E-state index contributed by atoms with van der Waals surface area (Å²) in [4.78, 5) is 12.4. The van der Waals surface area contributed by atoms with Gasteiger partial charge in [0.2, 0.25) is 0 Å². The topological polar surface area (TPSA) is 41.1 Å². The van der Waals surface area contributed by atoms with Crippen LogP contribution in [0.4, 0.5) is 11.4 Å². The quantitative estimate of drug-likeness (QED) is 0.583. The van der Waals surface area contributed by atoms with E-state index in [2.05, 4.69) is 41.8 Å². The molecule has 3 nitrogen and oxygen atoms in total. The van der Waals surface area contributed by atoms with E-state index in [-0.39, 0.29) is 5.91 Å². The van der Waals surface area contributed by atoms with E-state index in [0.29, 0.717) is 17.1 Å². The summed E-state index contributed by atoms with van der Waals surface area (Å²) < 4.78 is 0. The van der Waals surface area contributed by atoms with Gasteiger partial charge in [-0.15, -0.1) is 0 Å². The van der Waals surface area contributed by atoms with Crippen molar-refractivity contribution in [3.05, 3.63) is 94.5 Å². The van der Waals surface area contributed by atoms with Crippen molar-refractivity contribution >= 4 is 28.9 Å². The molecule has 0 fully saturated rings. The summed E-state index contributed by atoms with van der Waals surface area (Å²) >= 11 is 6.08. The maximum Gasteiger partial charge on any atom is 0.257 e. The Morgan fingerprint density at radius 2 is 1.65 bits per heavy atom. The number of carbonyl (C=O) groups is 1. The van der Waals surface area contributed by atoms with Gasteiger partial charge in [0.25, 0.3) is 5.91 Å². The Balaban J connectivity index is 1.64. The van der Waals surface area contributed by atoms with E-state index in [9.17, 15) is 4.79 Å². The first kappa shape index (κ1) is 18.0. The largest absolute Gasteiger partial charge is 0.381 e. The normalized spacial score (nSPS) is 10.4. The molecule has 0 aliphatic rings. The molecule has 0 saturated heterocycles. The summed E-state index contributed by atoms with van der Waals surface area (Å²) in [5.41, 5.74) is 4.69. The molecule has 0 aliphatic carbocycles. The lowest BCUT2D eigenvalue weighted by Crippen LogP contribution is -2.12. The highest BCUT2D eigenvalue weighted by Gasteiger charge is 2.09. The standard InChI is InChI=1S/C22H21ClN2O/c1-2-16-10-12-18(13-11-16)24-15-17-6-5-7-19(14-17)25-22(26)20-8-3-4-9-21(20)23/h3-14,24H,2,15H2,1H3,(H,25,26). The van der Waals surface area contributed by atoms with Gasteiger partial charge in [-0.3, -0.25) is 4.79 Å². The first-order chi connectivity index (χ1) is 12.7.